The van der Waals surface area contributed by atoms with E-state index in [9.17, 15) is 9.59 Å². The van der Waals surface area contributed by atoms with E-state index in [0.717, 1.165) is 17.1 Å². The second-order valence-corrected chi connectivity index (χ2v) is 9.22. The molecule has 0 saturated carbocycles. The van der Waals surface area contributed by atoms with Crippen LogP contribution in [0.3, 0.4) is 0 Å². The first kappa shape index (κ1) is 24.0. The molecule has 2 aromatic carbocycles. The fourth-order valence-electron chi connectivity index (χ4n) is 3.33. The molecule has 2 amide bonds. The Balaban J connectivity index is 1.86. The Hall–Kier alpha value is -3.61. The fraction of sp³-hybridized carbons (Fsp3) is 0.346. The van der Waals surface area contributed by atoms with Crippen LogP contribution in [0.5, 0.6) is 5.75 Å². The predicted molar refractivity (Wildman–Crippen MR) is 130 cm³/mol. The van der Waals surface area contributed by atoms with Gasteiger partial charge in [-0.25, -0.2) is 4.68 Å². The number of carbonyl (C=O) groups excluding carboxylic acids is 2. The summed E-state index contributed by atoms with van der Waals surface area (Å²) in [4.78, 5) is 27.6. The van der Waals surface area contributed by atoms with Gasteiger partial charge in [0.1, 0.15) is 18.1 Å². The molecule has 0 unspecified atom stereocenters. The highest BCUT2D eigenvalue weighted by atomic mass is 16.5. The van der Waals surface area contributed by atoms with Crippen LogP contribution in [0.15, 0.2) is 60.7 Å². The molecule has 0 atom stereocenters. The van der Waals surface area contributed by atoms with Gasteiger partial charge >= 0.3 is 0 Å². The molecule has 0 spiro atoms. The maximum atomic E-state index is 13.0. The van der Waals surface area contributed by atoms with Gasteiger partial charge in [0.25, 0.3) is 5.91 Å². The highest BCUT2D eigenvalue weighted by molar-refractivity contribution is 5.99. The molecule has 0 aliphatic rings. The summed E-state index contributed by atoms with van der Waals surface area (Å²) in [5.74, 6) is 0.813. The Bertz CT molecular complexity index is 1100. The van der Waals surface area contributed by atoms with E-state index in [1.165, 1.54) is 0 Å². The van der Waals surface area contributed by atoms with E-state index in [0.29, 0.717) is 11.4 Å². The predicted octanol–water partition coefficient (Wildman–Crippen LogP) is 4.67. The number of hydrogen-bond acceptors (Lipinski definition) is 4. The summed E-state index contributed by atoms with van der Waals surface area (Å²) in [6.07, 6.45) is 0. The molecule has 7 nitrogen and oxygen atoms in total. The van der Waals surface area contributed by atoms with Crippen molar-refractivity contribution in [1.82, 2.24) is 14.7 Å². The second kappa shape index (κ2) is 9.90. The van der Waals surface area contributed by atoms with Crippen LogP contribution >= 0.6 is 0 Å². The van der Waals surface area contributed by atoms with Crippen molar-refractivity contribution in [2.75, 3.05) is 19.0 Å². The first-order chi connectivity index (χ1) is 15.6. The summed E-state index contributed by atoms with van der Waals surface area (Å²) in [5, 5.41) is 7.70. The van der Waals surface area contributed by atoms with Gasteiger partial charge in [0.05, 0.1) is 18.5 Å². The quantitative estimate of drug-likeness (QED) is 0.570. The highest BCUT2D eigenvalue weighted by Crippen LogP contribution is 2.27. The zero-order valence-corrected chi connectivity index (χ0v) is 20.1. The van der Waals surface area contributed by atoms with Crippen LogP contribution in [0.1, 0.15) is 50.7 Å². The topological polar surface area (TPSA) is 76.5 Å². The molecule has 7 heteroatoms. The largest absolute Gasteiger partial charge is 0.497 e. The summed E-state index contributed by atoms with van der Waals surface area (Å²) < 4.78 is 6.95. The van der Waals surface area contributed by atoms with Crippen LogP contribution in [0.25, 0.3) is 5.69 Å². The third-order valence-corrected chi connectivity index (χ3v) is 5.28. The molecule has 0 radical (unpaired) electrons. The van der Waals surface area contributed by atoms with E-state index in [1.54, 1.807) is 28.8 Å². The molecule has 33 heavy (non-hydrogen) atoms. The number of aromatic nitrogens is 2. The van der Waals surface area contributed by atoms with Gasteiger partial charge in [0, 0.05) is 23.1 Å². The third-order valence-electron chi connectivity index (χ3n) is 5.28. The van der Waals surface area contributed by atoms with Gasteiger partial charge in [-0.15, -0.1) is 0 Å². The fourth-order valence-corrected chi connectivity index (χ4v) is 3.33. The van der Waals surface area contributed by atoms with E-state index in [1.807, 2.05) is 62.4 Å². The van der Waals surface area contributed by atoms with Crippen molar-refractivity contribution >= 4 is 17.6 Å². The normalized spacial score (nSPS) is 11.4. The number of nitrogens with one attached hydrogen (secondary N) is 1. The van der Waals surface area contributed by atoms with Crippen LogP contribution in [0, 0.1) is 0 Å². The number of nitrogens with zero attached hydrogens (tertiary/aromatic N) is 3. The molecular formula is C26H32N4O3. The number of anilines is 1. The maximum Gasteiger partial charge on any atom is 0.254 e. The van der Waals surface area contributed by atoms with Gasteiger partial charge in [-0.2, -0.15) is 5.10 Å². The van der Waals surface area contributed by atoms with Crippen molar-refractivity contribution in [3.63, 3.8) is 0 Å². The number of rotatable bonds is 7. The van der Waals surface area contributed by atoms with Crippen LogP contribution in [0.2, 0.25) is 0 Å². The smallest absolute Gasteiger partial charge is 0.254 e. The molecular weight excluding hydrogens is 416 g/mol. The average Bonchev–Trinajstić information content (AvgIpc) is 3.21. The van der Waals surface area contributed by atoms with Crippen molar-refractivity contribution in [2.24, 2.45) is 0 Å². The Morgan fingerprint density at radius 1 is 1.06 bits per heavy atom. The van der Waals surface area contributed by atoms with Gasteiger partial charge in [-0.1, -0.05) is 39.0 Å². The molecule has 0 saturated heterocycles. The molecule has 0 fully saturated rings. The Morgan fingerprint density at radius 2 is 1.70 bits per heavy atom. The Kier molecular flexibility index (Phi) is 7.21. The lowest BCUT2D eigenvalue weighted by molar-refractivity contribution is -0.117. The first-order valence-corrected chi connectivity index (χ1v) is 11.0. The van der Waals surface area contributed by atoms with E-state index >= 15 is 0 Å². The minimum atomic E-state index is -0.289. The number of amides is 2. The Labute approximate surface area is 195 Å². The lowest BCUT2D eigenvalue weighted by Crippen LogP contribution is -2.42. The molecule has 174 valence electrons. The number of carbonyl (C=O) groups is 2. The summed E-state index contributed by atoms with van der Waals surface area (Å²) in [6, 6.07) is 18.2. The number of benzene rings is 2. The van der Waals surface area contributed by atoms with Gasteiger partial charge in [-0.05, 0) is 50.2 Å². The van der Waals surface area contributed by atoms with Crippen molar-refractivity contribution in [2.45, 2.75) is 46.1 Å². The summed E-state index contributed by atoms with van der Waals surface area (Å²) in [6.45, 7) is 9.93. The molecule has 1 heterocycles. The maximum absolute atomic E-state index is 13.0. The van der Waals surface area contributed by atoms with Gasteiger partial charge in [0.2, 0.25) is 5.91 Å². The lowest BCUT2D eigenvalue weighted by Gasteiger charge is -2.26. The zero-order valence-electron chi connectivity index (χ0n) is 20.1. The monoisotopic (exact) mass is 448 g/mol. The number of methoxy groups -OCH3 is 1. The molecule has 3 aromatic rings. The number of ether oxygens (including phenoxy) is 1. The third kappa shape index (κ3) is 5.80. The van der Waals surface area contributed by atoms with Crippen LogP contribution in [-0.4, -0.2) is 46.2 Å². The average molecular weight is 449 g/mol. The van der Waals surface area contributed by atoms with E-state index in [4.69, 9.17) is 9.84 Å². The van der Waals surface area contributed by atoms with Crippen molar-refractivity contribution in [3.05, 3.63) is 71.9 Å². The summed E-state index contributed by atoms with van der Waals surface area (Å²) in [7, 11) is 1.61. The van der Waals surface area contributed by atoms with Crippen LogP contribution < -0.4 is 10.1 Å². The molecule has 3 rings (SSSR count). The summed E-state index contributed by atoms with van der Waals surface area (Å²) in [5.41, 5.74) is 1.99. The van der Waals surface area contributed by atoms with Crippen molar-refractivity contribution < 1.29 is 14.3 Å². The lowest BCUT2D eigenvalue weighted by atomic mass is 9.92. The van der Waals surface area contributed by atoms with E-state index < -0.39 is 0 Å². The summed E-state index contributed by atoms with van der Waals surface area (Å²) >= 11 is 0. The second-order valence-electron chi connectivity index (χ2n) is 9.22. The molecule has 1 N–H and O–H groups in total. The molecule has 0 bridgehead atoms. The van der Waals surface area contributed by atoms with E-state index in [2.05, 4.69) is 26.1 Å². The molecule has 0 aliphatic heterocycles. The molecule has 0 aliphatic carbocycles. The standard InChI is InChI=1S/C26H32N4O3/c1-18(2)29(25(32)19-10-8-7-9-11-19)17-24(31)27-23-16-22(26(3,4)5)28-30(23)20-12-14-21(33-6)15-13-20/h7-16,18H,17H2,1-6H3,(H,27,31). The van der Waals surface area contributed by atoms with Crippen LogP contribution in [-0.2, 0) is 10.2 Å². The molecule has 1 aromatic heterocycles. The SMILES string of the molecule is COc1ccc(-n2nc(C(C)(C)C)cc2NC(=O)CN(C(=O)c2ccccc2)C(C)C)cc1. The van der Waals surface area contributed by atoms with Crippen LogP contribution in [0.4, 0.5) is 5.82 Å². The minimum Gasteiger partial charge on any atom is -0.497 e. The number of hydrogen-bond donors (Lipinski definition) is 1. The zero-order chi connectivity index (χ0) is 24.2. The van der Waals surface area contributed by atoms with Gasteiger partial charge in [0.15, 0.2) is 0 Å². The van der Waals surface area contributed by atoms with Crippen molar-refractivity contribution in [3.8, 4) is 11.4 Å². The Morgan fingerprint density at radius 3 is 2.24 bits per heavy atom. The highest BCUT2D eigenvalue weighted by Gasteiger charge is 2.24. The van der Waals surface area contributed by atoms with Gasteiger partial charge in [-0.3, -0.25) is 9.59 Å². The van der Waals surface area contributed by atoms with Gasteiger partial charge < -0.3 is 15.0 Å². The van der Waals surface area contributed by atoms with E-state index in [-0.39, 0.29) is 29.8 Å². The van der Waals surface area contributed by atoms with Crippen molar-refractivity contribution in [1.29, 1.82) is 0 Å². The first-order valence-electron chi connectivity index (χ1n) is 11.0. The minimum absolute atomic E-state index is 0.0654.